The highest BCUT2D eigenvalue weighted by atomic mass is 16.6. The van der Waals surface area contributed by atoms with Gasteiger partial charge in [0.2, 0.25) is 5.82 Å². The molecule has 2 heterocycles. The van der Waals surface area contributed by atoms with E-state index in [0.29, 0.717) is 32.1 Å². The molecular formula is C11H16N4O4. The van der Waals surface area contributed by atoms with E-state index in [9.17, 15) is 10.1 Å². The number of ether oxygens (including phenoxy) is 2. The van der Waals surface area contributed by atoms with Crippen LogP contribution in [0.4, 0.5) is 17.3 Å². The van der Waals surface area contributed by atoms with Crippen molar-refractivity contribution in [2.75, 3.05) is 44.0 Å². The van der Waals surface area contributed by atoms with E-state index in [-0.39, 0.29) is 17.6 Å². The number of morpholine rings is 1. The first-order chi connectivity index (χ1) is 9.11. The molecule has 0 bridgehead atoms. The first-order valence-electron chi connectivity index (χ1n) is 5.88. The molecule has 0 aromatic carbocycles. The van der Waals surface area contributed by atoms with Crippen molar-refractivity contribution in [2.24, 2.45) is 0 Å². The Hall–Kier alpha value is -1.93. The van der Waals surface area contributed by atoms with Crippen molar-refractivity contribution in [1.82, 2.24) is 4.98 Å². The van der Waals surface area contributed by atoms with Crippen LogP contribution >= 0.6 is 0 Å². The molecule has 0 spiro atoms. The number of nitrogens with zero attached hydrogens (tertiary/aromatic N) is 3. The van der Waals surface area contributed by atoms with E-state index in [1.54, 1.807) is 13.2 Å². The molecule has 0 aliphatic carbocycles. The molecule has 2 rings (SSSR count). The number of hydrogen-bond acceptors (Lipinski definition) is 7. The molecule has 2 N–H and O–H groups in total. The van der Waals surface area contributed by atoms with E-state index in [1.165, 1.54) is 6.07 Å². The van der Waals surface area contributed by atoms with Crippen LogP contribution in [0.2, 0.25) is 0 Å². The number of anilines is 2. The number of nitro groups is 1. The second kappa shape index (κ2) is 5.81. The molecule has 1 aromatic rings. The Labute approximate surface area is 110 Å². The largest absolute Gasteiger partial charge is 0.392 e. The van der Waals surface area contributed by atoms with Crippen molar-refractivity contribution in [3.8, 4) is 0 Å². The lowest BCUT2D eigenvalue weighted by atomic mass is 10.2. The fraction of sp³-hybridized carbons (Fsp3) is 0.545. The molecular weight excluding hydrogens is 252 g/mol. The lowest BCUT2D eigenvalue weighted by molar-refractivity contribution is -0.388. The molecule has 104 valence electrons. The van der Waals surface area contributed by atoms with Crippen LogP contribution in [0.5, 0.6) is 0 Å². The Balaban J connectivity index is 2.17. The number of nitrogen functional groups attached to an aromatic ring is 1. The highest BCUT2D eigenvalue weighted by molar-refractivity contribution is 5.58. The smallest absolute Gasteiger partial charge is 0.388 e. The Morgan fingerprint density at radius 1 is 1.68 bits per heavy atom. The van der Waals surface area contributed by atoms with Gasteiger partial charge in [0, 0.05) is 26.3 Å². The van der Waals surface area contributed by atoms with E-state index in [4.69, 9.17) is 15.2 Å². The van der Waals surface area contributed by atoms with E-state index < -0.39 is 4.92 Å². The zero-order chi connectivity index (χ0) is 13.8. The minimum absolute atomic E-state index is 0.0582. The molecule has 1 fully saturated rings. The highest BCUT2D eigenvalue weighted by Gasteiger charge is 2.25. The van der Waals surface area contributed by atoms with Crippen LogP contribution < -0.4 is 10.6 Å². The van der Waals surface area contributed by atoms with Gasteiger partial charge in [0.1, 0.15) is 5.69 Å². The van der Waals surface area contributed by atoms with Crippen LogP contribution in [-0.4, -0.2) is 49.4 Å². The molecule has 8 nitrogen and oxygen atoms in total. The van der Waals surface area contributed by atoms with Crippen LogP contribution in [0.1, 0.15) is 0 Å². The van der Waals surface area contributed by atoms with E-state index in [2.05, 4.69) is 4.98 Å². The number of pyridine rings is 1. The molecule has 19 heavy (non-hydrogen) atoms. The second-order valence-corrected chi connectivity index (χ2v) is 4.23. The number of nitrogens with two attached hydrogens (primary N) is 1. The summed E-state index contributed by atoms with van der Waals surface area (Å²) in [5.41, 5.74) is 5.59. The number of hydrogen-bond donors (Lipinski definition) is 1. The van der Waals surface area contributed by atoms with Gasteiger partial charge in [-0.25, -0.2) is 0 Å². The third-order valence-corrected chi connectivity index (χ3v) is 2.88. The number of rotatable bonds is 4. The van der Waals surface area contributed by atoms with Crippen molar-refractivity contribution in [3.05, 3.63) is 22.2 Å². The van der Waals surface area contributed by atoms with Crippen molar-refractivity contribution in [3.63, 3.8) is 0 Å². The second-order valence-electron chi connectivity index (χ2n) is 4.23. The predicted octanol–water partition coefficient (Wildman–Crippen LogP) is 0.424. The molecule has 8 heteroatoms. The Kier molecular flexibility index (Phi) is 4.13. The first kappa shape index (κ1) is 13.5. The normalized spacial score (nSPS) is 19.4. The molecule has 1 aliphatic heterocycles. The van der Waals surface area contributed by atoms with Crippen molar-refractivity contribution in [1.29, 1.82) is 0 Å². The summed E-state index contributed by atoms with van der Waals surface area (Å²) >= 11 is 0. The van der Waals surface area contributed by atoms with E-state index >= 15 is 0 Å². The maximum atomic E-state index is 10.8. The molecule has 1 aliphatic rings. The summed E-state index contributed by atoms with van der Waals surface area (Å²) in [6.07, 6.45) is -0.0582. The van der Waals surface area contributed by atoms with Gasteiger partial charge in [-0.1, -0.05) is 0 Å². The van der Waals surface area contributed by atoms with Gasteiger partial charge in [0.25, 0.3) is 0 Å². The topological polar surface area (TPSA) is 104 Å². The lowest BCUT2D eigenvalue weighted by Gasteiger charge is -2.31. The zero-order valence-corrected chi connectivity index (χ0v) is 10.6. The van der Waals surface area contributed by atoms with E-state index in [1.807, 2.05) is 4.90 Å². The molecule has 1 aromatic heterocycles. The number of methoxy groups -OCH3 is 1. The quantitative estimate of drug-likeness (QED) is 0.623. The summed E-state index contributed by atoms with van der Waals surface area (Å²) in [6.45, 7) is 2.23. The summed E-state index contributed by atoms with van der Waals surface area (Å²) in [5, 5.41) is 10.8. The molecule has 0 radical (unpaired) electrons. The van der Waals surface area contributed by atoms with Crippen molar-refractivity contribution in [2.45, 2.75) is 6.10 Å². The van der Waals surface area contributed by atoms with Gasteiger partial charge in [-0.3, -0.25) is 0 Å². The van der Waals surface area contributed by atoms with Gasteiger partial charge in [-0.2, -0.15) is 0 Å². The average molecular weight is 268 g/mol. The fourth-order valence-electron chi connectivity index (χ4n) is 1.99. The van der Waals surface area contributed by atoms with Crippen LogP contribution in [0.3, 0.4) is 0 Å². The summed E-state index contributed by atoms with van der Waals surface area (Å²) in [7, 11) is 1.61. The standard InChI is InChI=1S/C11H16N4O4/c1-18-7-8-6-14(4-5-19-8)10-3-2-9(12)11(13-10)15(16)17/h2-3,8H,4-7,12H2,1H3. The first-order valence-corrected chi connectivity index (χ1v) is 5.88. The molecule has 0 amide bonds. The van der Waals surface area contributed by atoms with Crippen molar-refractivity contribution >= 4 is 17.3 Å². The Morgan fingerprint density at radius 2 is 2.47 bits per heavy atom. The third-order valence-electron chi connectivity index (χ3n) is 2.88. The maximum Gasteiger partial charge on any atom is 0.388 e. The van der Waals surface area contributed by atoms with Crippen LogP contribution in [0.25, 0.3) is 0 Å². The zero-order valence-electron chi connectivity index (χ0n) is 10.6. The summed E-state index contributed by atoms with van der Waals surface area (Å²) < 4.78 is 10.6. The molecule has 1 saturated heterocycles. The highest BCUT2D eigenvalue weighted by Crippen LogP contribution is 2.24. The summed E-state index contributed by atoms with van der Waals surface area (Å²) in [4.78, 5) is 16.2. The summed E-state index contributed by atoms with van der Waals surface area (Å²) in [5.74, 6) is 0.220. The van der Waals surface area contributed by atoms with Crippen LogP contribution in [0.15, 0.2) is 12.1 Å². The van der Waals surface area contributed by atoms with Gasteiger partial charge >= 0.3 is 5.82 Å². The van der Waals surface area contributed by atoms with Gasteiger partial charge in [-0.15, -0.1) is 0 Å². The van der Waals surface area contributed by atoms with Gasteiger partial charge in [0.15, 0.2) is 0 Å². The Morgan fingerprint density at radius 3 is 3.16 bits per heavy atom. The molecule has 0 saturated carbocycles. The number of aromatic nitrogens is 1. The minimum Gasteiger partial charge on any atom is -0.392 e. The van der Waals surface area contributed by atoms with Crippen molar-refractivity contribution < 1.29 is 14.4 Å². The SMILES string of the molecule is COCC1CN(c2ccc(N)c([N+](=O)[O-])n2)CCO1. The minimum atomic E-state index is -0.577. The Bertz CT molecular complexity index is 466. The van der Waals surface area contributed by atoms with Crippen LogP contribution in [-0.2, 0) is 9.47 Å². The van der Waals surface area contributed by atoms with Gasteiger partial charge in [-0.05, 0) is 16.0 Å². The lowest BCUT2D eigenvalue weighted by Crippen LogP contribution is -2.44. The van der Waals surface area contributed by atoms with Gasteiger partial charge < -0.3 is 30.2 Å². The maximum absolute atomic E-state index is 10.8. The monoisotopic (exact) mass is 268 g/mol. The third kappa shape index (κ3) is 3.09. The molecule has 1 unspecified atom stereocenters. The summed E-state index contributed by atoms with van der Waals surface area (Å²) in [6, 6.07) is 3.18. The van der Waals surface area contributed by atoms with Gasteiger partial charge in [0.05, 0.1) is 19.3 Å². The predicted molar refractivity (Wildman–Crippen MR) is 69.1 cm³/mol. The fourth-order valence-corrected chi connectivity index (χ4v) is 1.99. The average Bonchev–Trinajstić information content (AvgIpc) is 2.39. The molecule has 1 atom stereocenters. The van der Waals surface area contributed by atoms with E-state index in [0.717, 1.165) is 0 Å². The van der Waals surface area contributed by atoms with Crippen LogP contribution in [0, 0.1) is 10.1 Å².